The first-order valence-electron chi connectivity index (χ1n) is 8.17. The summed E-state index contributed by atoms with van der Waals surface area (Å²) in [6.07, 6.45) is -2.07. The molecular formula is C18H17F3IN3O. The van der Waals surface area contributed by atoms with E-state index in [2.05, 4.69) is 32.9 Å². The van der Waals surface area contributed by atoms with Crippen LogP contribution in [-0.2, 0) is 6.18 Å². The van der Waals surface area contributed by atoms with Crippen LogP contribution in [0.4, 0.5) is 19.0 Å². The van der Waals surface area contributed by atoms with E-state index in [1.54, 1.807) is 6.07 Å². The van der Waals surface area contributed by atoms with Gasteiger partial charge in [0, 0.05) is 34.5 Å². The molecule has 0 radical (unpaired) electrons. The predicted molar refractivity (Wildman–Crippen MR) is 101 cm³/mol. The van der Waals surface area contributed by atoms with Gasteiger partial charge < -0.3 is 10.2 Å². The molecule has 26 heavy (non-hydrogen) atoms. The molecule has 1 saturated heterocycles. The van der Waals surface area contributed by atoms with Gasteiger partial charge in [0.05, 0.1) is 5.56 Å². The van der Waals surface area contributed by atoms with Crippen molar-refractivity contribution >= 4 is 34.3 Å². The molecule has 0 atom stereocenters. The number of aromatic nitrogens is 1. The van der Waals surface area contributed by atoms with Crippen molar-refractivity contribution in [3.8, 4) is 0 Å². The summed E-state index contributed by atoms with van der Waals surface area (Å²) < 4.78 is 38.8. The molecule has 0 spiro atoms. The van der Waals surface area contributed by atoms with Crippen molar-refractivity contribution in [1.29, 1.82) is 0 Å². The Bertz CT molecular complexity index is 772. The summed E-state index contributed by atoms with van der Waals surface area (Å²) in [6.45, 7) is 1.27. The molecule has 2 heterocycles. The van der Waals surface area contributed by atoms with Gasteiger partial charge in [-0.25, -0.2) is 4.98 Å². The third-order valence-corrected chi connectivity index (χ3v) is 4.99. The van der Waals surface area contributed by atoms with Crippen LogP contribution in [0.3, 0.4) is 0 Å². The van der Waals surface area contributed by atoms with Crippen LogP contribution in [0.5, 0.6) is 0 Å². The van der Waals surface area contributed by atoms with Gasteiger partial charge in [-0.05, 0) is 65.8 Å². The summed E-state index contributed by atoms with van der Waals surface area (Å²) in [5.74, 6) is 0.426. The minimum Gasteiger partial charge on any atom is -0.356 e. The Morgan fingerprint density at radius 3 is 2.50 bits per heavy atom. The van der Waals surface area contributed by atoms with Crippen LogP contribution in [-0.4, -0.2) is 30.0 Å². The summed E-state index contributed by atoms with van der Waals surface area (Å²) in [5, 5.41) is 3.03. The zero-order valence-electron chi connectivity index (χ0n) is 13.8. The van der Waals surface area contributed by atoms with Crippen molar-refractivity contribution in [2.24, 2.45) is 0 Å². The minimum absolute atomic E-state index is 0.0473. The van der Waals surface area contributed by atoms with E-state index < -0.39 is 11.7 Å². The molecule has 4 nitrogen and oxygen atoms in total. The first kappa shape index (κ1) is 18.9. The number of amides is 1. The van der Waals surface area contributed by atoms with Crippen LogP contribution in [0.2, 0.25) is 0 Å². The number of carbonyl (C=O) groups excluding carboxylic acids is 1. The lowest BCUT2D eigenvalue weighted by molar-refractivity contribution is -0.137. The fourth-order valence-corrected chi connectivity index (χ4v) is 3.44. The maximum Gasteiger partial charge on any atom is 0.417 e. The second-order valence-corrected chi connectivity index (χ2v) is 7.39. The Hall–Kier alpha value is -1.84. The molecule has 0 unspecified atom stereocenters. The van der Waals surface area contributed by atoms with Gasteiger partial charge in [0.15, 0.2) is 0 Å². The van der Waals surface area contributed by atoms with Crippen molar-refractivity contribution in [3.05, 3.63) is 57.3 Å². The highest BCUT2D eigenvalue weighted by atomic mass is 127. The van der Waals surface area contributed by atoms with E-state index in [1.807, 2.05) is 23.1 Å². The summed E-state index contributed by atoms with van der Waals surface area (Å²) in [6, 6.07) is 9.87. The van der Waals surface area contributed by atoms with Crippen LogP contribution in [0.1, 0.15) is 28.8 Å². The Balaban J connectivity index is 1.55. The van der Waals surface area contributed by atoms with E-state index in [0.29, 0.717) is 24.5 Å². The number of hydrogen-bond donors (Lipinski definition) is 1. The van der Waals surface area contributed by atoms with Crippen LogP contribution in [0.25, 0.3) is 0 Å². The van der Waals surface area contributed by atoms with Gasteiger partial charge in [-0.1, -0.05) is 6.07 Å². The van der Waals surface area contributed by atoms with Gasteiger partial charge in [-0.3, -0.25) is 4.79 Å². The summed E-state index contributed by atoms with van der Waals surface area (Å²) in [5.41, 5.74) is -0.121. The Kier molecular flexibility index (Phi) is 5.69. The molecule has 1 amide bonds. The zero-order valence-corrected chi connectivity index (χ0v) is 15.9. The largest absolute Gasteiger partial charge is 0.417 e. The van der Waals surface area contributed by atoms with Crippen molar-refractivity contribution in [2.75, 3.05) is 18.0 Å². The molecule has 0 bridgehead atoms. The molecule has 1 aliphatic heterocycles. The Morgan fingerprint density at radius 1 is 1.19 bits per heavy atom. The summed E-state index contributed by atoms with van der Waals surface area (Å²) >= 11 is 2.16. The molecule has 1 fully saturated rings. The van der Waals surface area contributed by atoms with Crippen molar-refractivity contribution < 1.29 is 18.0 Å². The molecular weight excluding hydrogens is 458 g/mol. The van der Waals surface area contributed by atoms with E-state index in [0.717, 1.165) is 28.7 Å². The second kappa shape index (κ2) is 7.81. The maximum absolute atomic E-state index is 12.6. The number of carbonyl (C=O) groups is 1. The van der Waals surface area contributed by atoms with Crippen LogP contribution in [0.15, 0.2) is 42.6 Å². The number of benzene rings is 1. The highest BCUT2D eigenvalue weighted by Crippen LogP contribution is 2.29. The molecule has 1 N–H and O–H groups in total. The van der Waals surface area contributed by atoms with Crippen molar-refractivity contribution in [2.45, 2.75) is 25.1 Å². The fourth-order valence-electron chi connectivity index (χ4n) is 2.89. The van der Waals surface area contributed by atoms with E-state index >= 15 is 0 Å². The first-order chi connectivity index (χ1) is 12.3. The lowest BCUT2D eigenvalue weighted by atomic mass is 10.0. The topological polar surface area (TPSA) is 45.2 Å². The average Bonchev–Trinajstić information content (AvgIpc) is 2.62. The lowest BCUT2D eigenvalue weighted by Crippen LogP contribution is -2.45. The smallest absolute Gasteiger partial charge is 0.356 e. The molecule has 1 aromatic carbocycles. The summed E-state index contributed by atoms with van der Waals surface area (Å²) in [4.78, 5) is 18.2. The zero-order chi connectivity index (χ0) is 18.7. The molecule has 0 saturated carbocycles. The number of pyridine rings is 1. The third-order valence-electron chi connectivity index (χ3n) is 4.32. The van der Waals surface area contributed by atoms with E-state index in [1.165, 1.54) is 6.07 Å². The molecule has 8 heteroatoms. The van der Waals surface area contributed by atoms with Gasteiger partial charge in [0.25, 0.3) is 5.91 Å². The number of nitrogens with one attached hydrogen (secondary N) is 1. The van der Waals surface area contributed by atoms with Crippen LogP contribution < -0.4 is 10.2 Å². The standard InChI is InChI=1S/C18H17F3IN3O/c19-18(20,21)13-4-5-16(23-11-13)25-8-6-15(7-9-25)24-17(26)12-2-1-3-14(22)10-12/h1-5,10-11,15H,6-9H2,(H,24,26). The Labute approximate surface area is 162 Å². The number of anilines is 1. The molecule has 0 aliphatic carbocycles. The summed E-state index contributed by atoms with van der Waals surface area (Å²) in [7, 11) is 0. The number of halogens is 4. The molecule has 2 aromatic rings. The number of hydrogen-bond acceptors (Lipinski definition) is 3. The van der Waals surface area contributed by atoms with Crippen LogP contribution >= 0.6 is 22.6 Å². The molecule has 3 rings (SSSR count). The fraction of sp³-hybridized carbons (Fsp3) is 0.333. The average molecular weight is 475 g/mol. The minimum atomic E-state index is -4.38. The van der Waals surface area contributed by atoms with Crippen molar-refractivity contribution in [3.63, 3.8) is 0 Å². The van der Waals surface area contributed by atoms with Gasteiger partial charge in [0.1, 0.15) is 5.82 Å². The monoisotopic (exact) mass is 475 g/mol. The van der Waals surface area contributed by atoms with E-state index in [4.69, 9.17) is 0 Å². The molecule has 1 aromatic heterocycles. The molecule has 138 valence electrons. The second-order valence-electron chi connectivity index (χ2n) is 6.15. The van der Waals surface area contributed by atoms with Gasteiger partial charge in [0.2, 0.25) is 0 Å². The number of nitrogens with zero attached hydrogens (tertiary/aromatic N) is 2. The van der Waals surface area contributed by atoms with Gasteiger partial charge >= 0.3 is 6.18 Å². The number of rotatable bonds is 3. The van der Waals surface area contributed by atoms with Gasteiger partial charge in [-0.15, -0.1) is 0 Å². The molecule has 1 aliphatic rings. The van der Waals surface area contributed by atoms with E-state index in [9.17, 15) is 18.0 Å². The highest BCUT2D eigenvalue weighted by Gasteiger charge is 2.31. The first-order valence-corrected chi connectivity index (χ1v) is 9.25. The Morgan fingerprint density at radius 2 is 1.92 bits per heavy atom. The van der Waals surface area contributed by atoms with E-state index in [-0.39, 0.29) is 11.9 Å². The normalized spacial score (nSPS) is 15.8. The van der Waals surface area contributed by atoms with Crippen LogP contribution in [0, 0.1) is 3.57 Å². The maximum atomic E-state index is 12.6. The van der Waals surface area contributed by atoms with Crippen molar-refractivity contribution in [1.82, 2.24) is 10.3 Å². The number of alkyl halides is 3. The lowest BCUT2D eigenvalue weighted by Gasteiger charge is -2.33. The quantitative estimate of drug-likeness (QED) is 0.681. The van der Waals surface area contributed by atoms with Gasteiger partial charge in [-0.2, -0.15) is 13.2 Å². The predicted octanol–water partition coefficient (Wildman–Crippen LogP) is 4.10. The SMILES string of the molecule is O=C(NC1CCN(c2ccc(C(F)(F)F)cn2)CC1)c1cccc(I)c1. The number of piperidine rings is 1. The third kappa shape index (κ3) is 4.66. The highest BCUT2D eigenvalue weighted by molar-refractivity contribution is 14.1.